The van der Waals surface area contributed by atoms with E-state index in [1.807, 2.05) is 39.3 Å². The maximum atomic E-state index is 12.3. The molecule has 1 heterocycles. The highest BCUT2D eigenvalue weighted by molar-refractivity contribution is 7.88. The van der Waals surface area contributed by atoms with Crippen LogP contribution in [-0.4, -0.2) is 45.1 Å². The molecule has 134 valence electrons. The molecule has 0 spiro atoms. The molecule has 0 aliphatic heterocycles. The minimum Gasteiger partial charge on any atom is -0.249 e. The first-order valence-electron chi connectivity index (χ1n) is 7.96. The van der Waals surface area contributed by atoms with E-state index in [1.165, 1.54) is 6.26 Å². The molecule has 0 bridgehead atoms. The largest absolute Gasteiger partial charge is 0.249 e. The molecule has 0 N–H and O–H groups in total. The minimum atomic E-state index is -3.32. The molecule has 0 aliphatic rings. The standard InChI is InChI=1S/C16H32N4O2S/c1-14(2,3)13-12-17-18-19(13)11-10-16(7,8)20(15(4,5)6)23(9,21)22/h12H,10-11H2,1-9H3. The summed E-state index contributed by atoms with van der Waals surface area (Å²) < 4.78 is 28.1. The van der Waals surface area contributed by atoms with Gasteiger partial charge in [-0.15, -0.1) is 5.10 Å². The van der Waals surface area contributed by atoms with Crippen molar-refractivity contribution < 1.29 is 8.42 Å². The lowest BCUT2D eigenvalue weighted by Gasteiger charge is -2.45. The highest BCUT2D eigenvalue weighted by atomic mass is 32.2. The molecule has 0 saturated carbocycles. The van der Waals surface area contributed by atoms with Crippen LogP contribution < -0.4 is 0 Å². The Kier molecular flexibility index (Phi) is 5.39. The van der Waals surface area contributed by atoms with Crippen molar-refractivity contribution in [3.63, 3.8) is 0 Å². The third kappa shape index (κ3) is 5.01. The highest BCUT2D eigenvalue weighted by Crippen LogP contribution is 2.31. The van der Waals surface area contributed by atoms with E-state index in [0.717, 1.165) is 5.69 Å². The summed E-state index contributed by atoms with van der Waals surface area (Å²) in [6.45, 7) is 16.7. The molecule has 0 aliphatic carbocycles. The quantitative estimate of drug-likeness (QED) is 0.823. The van der Waals surface area contributed by atoms with Crippen molar-refractivity contribution in [3.05, 3.63) is 11.9 Å². The fraction of sp³-hybridized carbons (Fsp3) is 0.875. The fourth-order valence-corrected chi connectivity index (χ4v) is 5.32. The molecule has 0 radical (unpaired) electrons. The Labute approximate surface area is 141 Å². The monoisotopic (exact) mass is 344 g/mol. The zero-order chi connectivity index (χ0) is 18.3. The first-order chi connectivity index (χ1) is 10.1. The van der Waals surface area contributed by atoms with Gasteiger partial charge in [0.15, 0.2) is 0 Å². The number of hydrogen-bond acceptors (Lipinski definition) is 4. The van der Waals surface area contributed by atoms with Gasteiger partial charge in [0.05, 0.1) is 18.1 Å². The van der Waals surface area contributed by atoms with Crippen LogP contribution in [0.15, 0.2) is 6.20 Å². The second-order valence-corrected chi connectivity index (χ2v) is 10.7. The Balaban J connectivity index is 3.06. The van der Waals surface area contributed by atoms with E-state index in [2.05, 4.69) is 31.1 Å². The second kappa shape index (κ2) is 6.16. The van der Waals surface area contributed by atoms with Crippen molar-refractivity contribution in [2.75, 3.05) is 6.26 Å². The van der Waals surface area contributed by atoms with E-state index in [1.54, 1.807) is 10.5 Å². The van der Waals surface area contributed by atoms with E-state index in [0.29, 0.717) is 13.0 Å². The van der Waals surface area contributed by atoms with Gasteiger partial charge in [-0.1, -0.05) is 26.0 Å². The third-order valence-electron chi connectivity index (χ3n) is 3.81. The third-order valence-corrected chi connectivity index (χ3v) is 5.52. The average Bonchev–Trinajstić information content (AvgIpc) is 2.68. The van der Waals surface area contributed by atoms with Gasteiger partial charge in [-0.3, -0.25) is 0 Å². The molecule has 1 aromatic heterocycles. The van der Waals surface area contributed by atoms with Crippen molar-refractivity contribution >= 4 is 10.0 Å². The number of sulfonamides is 1. The van der Waals surface area contributed by atoms with Crippen LogP contribution in [0.4, 0.5) is 0 Å². The Bertz CT molecular complexity index is 634. The summed E-state index contributed by atoms with van der Waals surface area (Å²) in [4.78, 5) is 0. The van der Waals surface area contributed by atoms with Crippen molar-refractivity contribution in [2.24, 2.45) is 0 Å². The Morgan fingerprint density at radius 2 is 1.61 bits per heavy atom. The molecule has 0 unspecified atom stereocenters. The van der Waals surface area contributed by atoms with E-state index >= 15 is 0 Å². The van der Waals surface area contributed by atoms with Crippen molar-refractivity contribution in [1.82, 2.24) is 19.3 Å². The first-order valence-corrected chi connectivity index (χ1v) is 9.81. The van der Waals surface area contributed by atoms with E-state index in [-0.39, 0.29) is 5.41 Å². The number of aryl methyl sites for hydroxylation is 1. The predicted octanol–water partition coefficient (Wildman–Crippen LogP) is 2.80. The lowest BCUT2D eigenvalue weighted by atomic mass is 9.92. The molecule has 23 heavy (non-hydrogen) atoms. The lowest BCUT2D eigenvalue weighted by molar-refractivity contribution is 0.112. The van der Waals surface area contributed by atoms with Crippen LogP contribution >= 0.6 is 0 Å². The summed E-state index contributed by atoms with van der Waals surface area (Å²) in [6, 6.07) is 0. The summed E-state index contributed by atoms with van der Waals surface area (Å²) in [5, 5.41) is 8.18. The van der Waals surface area contributed by atoms with Crippen LogP contribution in [0.3, 0.4) is 0 Å². The predicted molar refractivity (Wildman–Crippen MR) is 93.9 cm³/mol. The number of nitrogens with zero attached hydrogens (tertiary/aromatic N) is 4. The fourth-order valence-electron chi connectivity index (χ4n) is 3.34. The first kappa shape index (κ1) is 20.1. The van der Waals surface area contributed by atoms with Gasteiger partial charge in [0.2, 0.25) is 10.0 Å². The van der Waals surface area contributed by atoms with Gasteiger partial charge >= 0.3 is 0 Å². The van der Waals surface area contributed by atoms with Gasteiger partial charge in [-0.25, -0.2) is 13.1 Å². The summed E-state index contributed by atoms with van der Waals surface area (Å²) in [5.74, 6) is 0. The zero-order valence-electron chi connectivity index (χ0n) is 16.0. The highest BCUT2D eigenvalue weighted by Gasteiger charge is 2.41. The molecule has 1 aromatic rings. The lowest BCUT2D eigenvalue weighted by Crippen LogP contribution is -2.56. The van der Waals surface area contributed by atoms with Crippen LogP contribution in [0.1, 0.15) is 67.5 Å². The Hall–Kier alpha value is -0.950. The normalized spacial score (nSPS) is 14.5. The van der Waals surface area contributed by atoms with Gasteiger partial charge in [0, 0.05) is 23.0 Å². The van der Waals surface area contributed by atoms with E-state index in [4.69, 9.17) is 0 Å². The molecule has 0 aromatic carbocycles. The molecule has 7 heteroatoms. The summed E-state index contributed by atoms with van der Waals surface area (Å²) in [5.41, 5.74) is 0.00271. The van der Waals surface area contributed by atoms with E-state index in [9.17, 15) is 8.42 Å². The van der Waals surface area contributed by atoms with Crippen molar-refractivity contribution in [3.8, 4) is 0 Å². The molecular weight excluding hydrogens is 312 g/mol. The van der Waals surface area contributed by atoms with Crippen LogP contribution in [-0.2, 0) is 22.0 Å². The van der Waals surface area contributed by atoms with Gasteiger partial charge in [-0.05, 0) is 41.0 Å². The average molecular weight is 345 g/mol. The molecular formula is C16H32N4O2S. The topological polar surface area (TPSA) is 68.1 Å². The molecule has 0 amide bonds. The molecule has 0 atom stereocenters. The van der Waals surface area contributed by atoms with Crippen LogP contribution in [0.5, 0.6) is 0 Å². The maximum absolute atomic E-state index is 12.3. The molecule has 0 saturated heterocycles. The van der Waals surface area contributed by atoms with E-state index < -0.39 is 21.1 Å². The van der Waals surface area contributed by atoms with Crippen molar-refractivity contribution in [1.29, 1.82) is 0 Å². The SMILES string of the molecule is CC(C)(C)c1cnnn1CCC(C)(C)N(C(C)(C)C)S(C)(=O)=O. The zero-order valence-corrected chi connectivity index (χ0v) is 16.8. The summed E-state index contributed by atoms with van der Waals surface area (Å²) >= 11 is 0. The van der Waals surface area contributed by atoms with Gasteiger partial charge in [-0.2, -0.15) is 4.31 Å². The molecule has 1 rings (SSSR count). The van der Waals surface area contributed by atoms with Gasteiger partial charge < -0.3 is 0 Å². The second-order valence-electron chi connectivity index (χ2n) is 8.85. The van der Waals surface area contributed by atoms with Gasteiger partial charge in [0.1, 0.15) is 0 Å². The Morgan fingerprint density at radius 3 is 2.00 bits per heavy atom. The smallest absolute Gasteiger partial charge is 0.212 e. The van der Waals surface area contributed by atoms with Crippen LogP contribution in [0.25, 0.3) is 0 Å². The molecule has 6 nitrogen and oxygen atoms in total. The van der Waals surface area contributed by atoms with Gasteiger partial charge in [0.25, 0.3) is 0 Å². The summed E-state index contributed by atoms with van der Waals surface area (Å²) in [7, 11) is -3.32. The van der Waals surface area contributed by atoms with Crippen LogP contribution in [0, 0.1) is 0 Å². The maximum Gasteiger partial charge on any atom is 0.212 e. The number of rotatable bonds is 5. The van der Waals surface area contributed by atoms with Crippen molar-refractivity contribution in [2.45, 2.75) is 84.8 Å². The minimum absolute atomic E-state index is 0.0474. The summed E-state index contributed by atoms with van der Waals surface area (Å²) in [6.07, 6.45) is 3.71. The molecule has 0 fully saturated rings. The Morgan fingerprint density at radius 1 is 1.09 bits per heavy atom. The number of hydrogen-bond donors (Lipinski definition) is 0. The van der Waals surface area contributed by atoms with Crippen LogP contribution in [0.2, 0.25) is 0 Å². The number of aromatic nitrogens is 3.